The number of ether oxygens (including phenoxy) is 2. The van der Waals surface area contributed by atoms with Crippen molar-refractivity contribution in [3.05, 3.63) is 27.6 Å². The number of hydrogen-bond acceptors (Lipinski definition) is 6. The van der Waals surface area contributed by atoms with E-state index in [1.807, 2.05) is 0 Å². The Morgan fingerprint density at radius 3 is 2.50 bits per heavy atom. The number of likely N-dealkylation sites (tertiary alicyclic amines) is 1. The van der Waals surface area contributed by atoms with Crippen LogP contribution in [0.2, 0.25) is 5.02 Å². The molecule has 1 aromatic rings. The van der Waals surface area contributed by atoms with E-state index in [0.717, 1.165) is 42.3 Å². The zero-order chi connectivity index (χ0) is 19.7. The molecular weight excluding hydrogens is 404 g/mol. The third-order valence-electron chi connectivity index (χ3n) is 4.90. The Morgan fingerprint density at radius 1 is 1.11 bits per heavy atom. The second-order valence-corrected chi connectivity index (χ2v) is 8.19. The molecule has 9 heteroatoms. The van der Waals surface area contributed by atoms with Gasteiger partial charge in [-0.3, -0.25) is 19.3 Å². The minimum Gasteiger partial charge on any atom is -0.454 e. The van der Waals surface area contributed by atoms with E-state index in [-0.39, 0.29) is 24.2 Å². The molecule has 2 fully saturated rings. The molecule has 4 rings (SSSR count). The molecule has 0 spiro atoms. The van der Waals surface area contributed by atoms with Crippen molar-refractivity contribution in [1.29, 1.82) is 0 Å². The SMILES string of the molecule is O=C(CN1C(=O)SC(=Cc2cc3c(cc2Cl)OCO3)C1=O)N1CCCCCC1. The zero-order valence-electron chi connectivity index (χ0n) is 15.1. The highest BCUT2D eigenvalue weighted by atomic mass is 35.5. The van der Waals surface area contributed by atoms with Crippen LogP contribution in [0.1, 0.15) is 31.2 Å². The van der Waals surface area contributed by atoms with Gasteiger partial charge in [-0.15, -0.1) is 0 Å². The molecule has 3 amide bonds. The van der Waals surface area contributed by atoms with Gasteiger partial charge in [-0.05, 0) is 42.3 Å². The molecule has 0 bridgehead atoms. The highest BCUT2D eigenvalue weighted by Gasteiger charge is 2.37. The van der Waals surface area contributed by atoms with Gasteiger partial charge in [0.2, 0.25) is 12.7 Å². The van der Waals surface area contributed by atoms with Gasteiger partial charge >= 0.3 is 0 Å². The first-order valence-corrected chi connectivity index (χ1v) is 10.3. The number of imide groups is 1. The van der Waals surface area contributed by atoms with E-state index in [2.05, 4.69) is 0 Å². The first kappa shape index (κ1) is 19.1. The largest absolute Gasteiger partial charge is 0.454 e. The van der Waals surface area contributed by atoms with E-state index in [1.165, 1.54) is 0 Å². The second-order valence-electron chi connectivity index (χ2n) is 6.79. The molecule has 0 radical (unpaired) electrons. The number of halogens is 1. The van der Waals surface area contributed by atoms with Crippen LogP contribution in [0.25, 0.3) is 6.08 Å². The Bertz CT molecular complexity index is 864. The van der Waals surface area contributed by atoms with Gasteiger partial charge in [0.05, 0.1) is 9.93 Å². The third kappa shape index (κ3) is 3.84. The van der Waals surface area contributed by atoms with Crippen molar-refractivity contribution in [3.8, 4) is 11.5 Å². The van der Waals surface area contributed by atoms with Gasteiger partial charge in [-0.25, -0.2) is 0 Å². The smallest absolute Gasteiger partial charge is 0.294 e. The van der Waals surface area contributed by atoms with Crippen LogP contribution in [0.4, 0.5) is 4.79 Å². The number of thioether (sulfide) groups is 1. The van der Waals surface area contributed by atoms with Crippen LogP contribution in [-0.4, -0.2) is 53.3 Å². The van der Waals surface area contributed by atoms with Crippen molar-refractivity contribution in [2.75, 3.05) is 26.4 Å². The summed E-state index contributed by atoms with van der Waals surface area (Å²) in [5, 5.41) is -0.0621. The molecule has 3 aliphatic heterocycles. The fourth-order valence-electron chi connectivity index (χ4n) is 3.38. The van der Waals surface area contributed by atoms with Crippen LogP contribution < -0.4 is 9.47 Å². The lowest BCUT2D eigenvalue weighted by atomic mass is 10.2. The van der Waals surface area contributed by atoms with Crippen LogP contribution in [0.5, 0.6) is 11.5 Å². The summed E-state index contributed by atoms with van der Waals surface area (Å²) in [6, 6.07) is 3.28. The molecule has 3 heterocycles. The molecule has 0 unspecified atom stereocenters. The summed E-state index contributed by atoms with van der Waals surface area (Å²) in [7, 11) is 0. The van der Waals surface area contributed by atoms with Crippen LogP contribution in [0, 0.1) is 0 Å². The molecule has 1 aromatic carbocycles. The summed E-state index contributed by atoms with van der Waals surface area (Å²) in [6.07, 6.45) is 5.66. The van der Waals surface area contributed by atoms with Gasteiger partial charge in [0.25, 0.3) is 11.1 Å². The Balaban J connectivity index is 1.49. The van der Waals surface area contributed by atoms with Crippen molar-refractivity contribution in [2.45, 2.75) is 25.7 Å². The minimum atomic E-state index is -0.480. The third-order valence-corrected chi connectivity index (χ3v) is 6.14. The second kappa shape index (κ2) is 8.05. The standard InChI is InChI=1S/C19H19ClN2O5S/c20-13-9-15-14(26-11-27-15)7-12(13)8-16-18(24)22(19(25)28-16)10-17(23)21-5-3-1-2-4-6-21/h7-9H,1-6,10-11H2. The number of benzene rings is 1. The number of hydrogen-bond donors (Lipinski definition) is 0. The molecule has 3 aliphatic rings. The highest BCUT2D eigenvalue weighted by Crippen LogP contribution is 2.39. The number of nitrogens with zero attached hydrogens (tertiary/aromatic N) is 2. The average Bonchev–Trinajstić information content (AvgIpc) is 3.08. The van der Waals surface area contributed by atoms with E-state index in [1.54, 1.807) is 23.1 Å². The first-order chi connectivity index (χ1) is 13.5. The van der Waals surface area contributed by atoms with Crippen molar-refractivity contribution >= 4 is 46.5 Å². The maximum atomic E-state index is 12.7. The van der Waals surface area contributed by atoms with Crippen LogP contribution in [-0.2, 0) is 9.59 Å². The van der Waals surface area contributed by atoms with Gasteiger partial charge in [0, 0.05) is 19.2 Å². The molecule has 2 saturated heterocycles. The monoisotopic (exact) mass is 422 g/mol. The molecule has 0 saturated carbocycles. The van der Waals surface area contributed by atoms with Crippen molar-refractivity contribution in [3.63, 3.8) is 0 Å². The molecular formula is C19H19ClN2O5S. The summed E-state index contributed by atoms with van der Waals surface area (Å²) in [4.78, 5) is 40.5. The van der Waals surface area contributed by atoms with Crippen molar-refractivity contribution in [1.82, 2.24) is 9.80 Å². The van der Waals surface area contributed by atoms with E-state index in [4.69, 9.17) is 21.1 Å². The summed E-state index contributed by atoms with van der Waals surface area (Å²) in [6.45, 7) is 1.25. The minimum absolute atomic E-state index is 0.115. The van der Waals surface area contributed by atoms with Crippen molar-refractivity contribution in [2.24, 2.45) is 0 Å². The quantitative estimate of drug-likeness (QED) is 0.694. The number of amides is 3. The summed E-state index contributed by atoms with van der Waals surface area (Å²) in [5.74, 6) is 0.406. The first-order valence-electron chi connectivity index (χ1n) is 9.15. The lowest BCUT2D eigenvalue weighted by Gasteiger charge is -2.22. The van der Waals surface area contributed by atoms with E-state index >= 15 is 0 Å². The van der Waals surface area contributed by atoms with Crippen molar-refractivity contribution < 1.29 is 23.9 Å². The Hall–Kier alpha value is -2.19. The highest BCUT2D eigenvalue weighted by molar-refractivity contribution is 8.18. The molecule has 0 N–H and O–H groups in total. The lowest BCUT2D eigenvalue weighted by Crippen LogP contribution is -2.42. The molecule has 0 aliphatic carbocycles. The predicted octanol–water partition coefficient (Wildman–Crippen LogP) is 3.51. The van der Waals surface area contributed by atoms with E-state index in [0.29, 0.717) is 35.2 Å². The van der Waals surface area contributed by atoms with Gasteiger partial charge in [0.1, 0.15) is 6.54 Å². The zero-order valence-corrected chi connectivity index (χ0v) is 16.7. The van der Waals surface area contributed by atoms with Gasteiger partial charge in [-0.1, -0.05) is 24.4 Å². The fourth-order valence-corrected chi connectivity index (χ4v) is 4.41. The normalized spacial score (nSPS) is 20.8. The lowest BCUT2D eigenvalue weighted by molar-refractivity contribution is -0.135. The number of fused-ring (bicyclic) bond motifs is 1. The number of carbonyl (C=O) groups is 3. The van der Waals surface area contributed by atoms with Gasteiger partial charge < -0.3 is 14.4 Å². The average molecular weight is 423 g/mol. The van der Waals surface area contributed by atoms with Crippen LogP contribution >= 0.6 is 23.4 Å². The molecule has 148 valence electrons. The molecule has 7 nitrogen and oxygen atoms in total. The Labute approximate surface area is 171 Å². The Morgan fingerprint density at radius 2 is 1.79 bits per heavy atom. The fraction of sp³-hybridized carbons (Fsp3) is 0.421. The van der Waals surface area contributed by atoms with Gasteiger partial charge in [0.15, 0.2) is 11.5 Å². The molecule has 28 heavy (non-hydrogen) atoms. The maximum absolute atomic E-state index is 12.7. The van der Waals surface area contributed by atoms with E-state index < -0.39 is 11.1 Å². The van der Waals surface area contributed by atoms with Crippen LogP contribution in [0.15, 0.2) is 17.0 Å². The summed E-state index contributed by atoms with van der Waals surface area (Å²) < 4.78 is 10.6. The van der Waals surface area contributed by atoms with Crippen LogP contribution in [0.3, 0.4) is 0 Å². The topological polar surface area (TPSA) is 76.1 Å². The molecule has 0 aromatic heterocycles. The summed E-state index contributed by atoms with van der Waals surface area (Å²) >= 11 is 7.06. The van der Waals surface area contributed by atoms with Gasteiger partial charge in [-0.2, -0.15) is 0 Å². The maximum Gasteiger partial charge on any atom is 0.294 e. The number of carbonyl (C=O) groups excluding carboxylic acids is 3. The summed E-state index contributed by atoms with van der Waals surface area (Å²) in [5.41, 5.74) is 0.551. The van der Waals surface area contributed by atoms with E-state index in [9.17, 15) is 14.4 Å². The molecule has 0 atom stereocenters. The Kier molecular flexibility index (Phi) is 5.50. The predicted molar refractivity (Wildman–Crippen MR) is 105 cm³/mol. The number of rotatable bonds is 3.